The Morgan fingerprint density at radius 1 is 1.41 bits per heavy atom. The summed E-state index contributed by atoms with van der Waals surface area (Å²) in [6.45, 7) is 0. The van der Waals surface area contributed by atoms with Crippen molar-refractivity contribution in [1.29, 1.82) is 5.26 Å². The normalized spacial score (nSPS) is 11.1. The highest BCUT2D eigenvalue weighted by atomic mass is 79.9. The maximum Gasteiger partial charge on any atom is 0.419 e. The summed E-state index contributed by atoms with van der Waals surface area (Å²) >= 11 is 2.72. The van der Waals surface area contributed by atoms with E-state index in [1.807, 2.05) is 0 Å². The molecule has 1 rings (SSSR count). The van der Waals surface area contributed by atoms with Crippen molar-refractivity contribution in [3.63, 3.8) is 0 Å². The minimum atomic E-state index is -4.90. The van der Waals surface area contributed by atoms with Crippen LogP contribution in [0.1, 0.15) is 21.5 Å². The number of carbonyl (C=O) groups is 1. The number of nitrogens with zero attached hydrogens (tertiary/aromatic N) is 1. The maximum atomic E-state index is 13.5. The van der Waals surface area contributed by atoms with Gasteiger partial charge >= 0.3 is 6.18 Å². The van der Waals surface area contributed by atoms with Gasteiger partial charge in [0.2, 0.25) is 0 Å². The molecule has 7 heteroatoms. The Kier molecular flexibility index (Phi) is 3.88. The number of ketones is 1. The predicted octanol–water partition coefficient (Wildman–Crippen LogP) is 3.29. The Balaban J connectivity index is 3.56. The van der Waals surface area contributed by atoms with Crippen LogP contribution in [0.2, 0.25) is 0 Å². The van der Waals surface area contributed by atoms with Crippen LogP contribution in [0.4, 0.5) is 17.6 Å². The van der Waals surface area contributed by atoms with E-state index >= 15 is 0 Å². The Morgan fingerprint density at radius 2 is 2.00 bits per heavy atom. The lowest BCUT2D eigenvalue weighted by Crippen LogP contribution is -2.14. The number of hydrogen-bond acceptors (Lipinski definition) is 2. The summed E-state index contributed by atoms with van der Waals surface area (Å²) in [6.07, 6.45) is -4.90. The molecule has 17 heavy (non-hydrogen) atoms. The van der Waals surface area contributed by atoms with Gasteiger partial charge in [0.15, 0.2) is 5.78 Å². The van der Waals surface area contributed by atoms with Crippen molar-refractivity contribution in [1.82, 2.24) is 0 Å². The molecule has 0 spiro atoms. The first-order chi connectivity index (χ1) is 7.82. The van der Waals surface area contributed by atoms with Gasteiger partial charge in [0, 0.05) is 0 Å². The summed E-state index contributed by atoms with van der Waals surface area (Å²) in [5.41, 5.74) is -2.81. The highest BCUT2D eigenvalue weighted by Crippen LogP contribution is 2.33. The fourth-order valence-corrected chi connectivity index (χ4v) is 1.51. The number of alkyl halides is 4. The molecular formula is C10H4BrF4NO. The van der Waals surface area contributed by atoms with Crippen LogP contribution >= 0.6 is 15.9 Å². The lowest BCUT2D eigenvalue weighted by molar-refractivity contribution is -0.140. The molecule has 0 aromatic heterocycles. The van der Waals surface area contributed by atoms with Crippen LogP contribution in [0.25, 0.3) is 0 Å². The zero-order valence-corrected chi connectivity index (χ0v) is 9.69. The summed E-state index contributed by atoms with van der Waals surface area (Å²) in [5, 5.41) is 8.25. The monoisotopic (exact) mass is 309 g/mol. The van der Waals surface area contributed by atoms with Gasteiger partial charge in [-0.1, -0.05) is 15.9 Å². The average molecular weight is 310 g/mol. The first kappa shape index (κ1) is 13.6. The van der Waals surface area contributed by atoms with Crippen LogP contribution in [-0.2, 0) is 6.18 Å². The molecule has 0 saturated carbocycles. The van der Waals surface area contributed by atoms with Gasteiger partial charge < -0.3 is 0 Å². The molecule has 0 atom stereocenters. The number of hydrogen-bond donors (Lipinski definition) is 0. The molecule has 0 radical (unpaired) electrons. The zero-order valence-electron chi connectivity index (χ0n) is 8.11. The lowest BCUT2D eigenvalue weighted by Gasteiger charge is -2.11. The maximum absolute atomic E-state index is 13.5. The second-order valence-electron chi connectivity index (χ2n) is 3.02. The topological polar surface area (TPSA) is 40.9 Å². The Bertz CT molecular complexity index is 504. The molecule has 0 fully saturated rings. The van der Waals surface area contributed by atoms with Crippen molar-refractivity contribution >= 4 is 21.7 Å². The molecule has 0 heterocycles. The van der Waals surface area contributed by atoms with E-state index in [0.29, 0.717) is 6.07 Å². The van der Waals surface area contributed by atoms with Gasteiger partial charge in [-0.3, -0.25) is 4.79 Å². The van der Waals surface area contributed by atoms with Crippen molar-refractivity contribution < 1.29 is 22.4 Å². The molecule has 0 unspecified atom stereocenters. The largest absolute Gasteiger partial charge is 0.419 e. The summed E-state index contributed by atoms with van der Waals surface area (Å²) in [6, 6.07) is 2.70. The third-order valence-corrected chi connectivity index (χ3v) is 2.48. The summed E-state index contributed by atoms with van der Waals surface area (Å²) in [5.74, 6) is -2.62. The quantitative estimate of drug-likeness (QED) is 0.478. The molecule has 0 amide bonds. The molecule has 0 bridgehead atoms. The standard InChI is InChI=1S/C10H4BrF4NO/c11-3-7(17)8-5(4-16)1-2-6(9(8)12)10(13,14)15/h1-2H,3H2. The molecule has 0 saturated heterocycles. The molecule has 0 N–H and O–H groups in total. The van der Waals surface area contributed by atoms with Crippen LogP contribution in [0.3, 0.4) is 0 Å². The van der Waals surface area contributed by atoms with E-state index in [9.17, 15) is 22.4 Å². The van der Waals surface area contributed by atoms with E-state index in [2.05, 4.69) is 15.9 Å². The number of benzene rings is 1. The molecular weight excluding hydrogens is 306 g/mol. The molecule has 1 aromatic rings. The third-order valence-electron chi connectivity index (χ3n) is 1.97. The minimum absolute atomic E-state index is 0.361. The van der Waals surface area contributed by atoms with E-state index in [4.69, 9.17) is 5.26 Å². The van der Waals surface area contributed by atoms with E-state index in [0.717, 1.165) is 6.07 Å². The van der Waals surface area contributed by atoms with Gasteiger partial charge in [-0.15, -0.1) is 0 Å². The van der Waals surface area contributed by atoms with Crippen LogP contribution < -0.4 is 0 Å². The summed E-state index contributed by atoms with van der Waals surface area (Å²) in [7, 11) is 0. The van der Waals surface area contributed by atoms with Crippen LogP contribution in [0.5, 0.6) is 0 Å². The number of nitriles is 1. The highest BCUT2D eigenvalue weighted by Gasteiger charge is 2.36. The van der Waals surface area contributed by atoms with Crippen molar-refractivity contribution in [3.05, 3.63) is 34.6 Å². The van der Waals surface area contributed by atoms with Gasteiger partial charge in [-0.05, 0) is 12.1 Å². The molecule has 90 valence electrons. The second kappa shape index (κ2) is 4.84. The summed E-state index contributed by atoms with van der Waals surface area (Å²) in [4.78, 5) is 11.3. The van der Waals surface area contributed by atoms with Crippen LogP contribution in [-0.4, -0.2) is 11.1 Å². The fraction of sp³-hybridized carbons (Fsp3) is 0.200. The van der Waals surface area contributed by atoms with Crippen LogP contribution in [0, 0.1) is 17.1 Å². The molecule has 1 aromatic carbocycles. The highest BCUT2D eigenvalue weighted by molar-refractivity contribution is 9.09. The van der Waals surface area contributed by atoms with Gasteiger partial charge in [0.25, 0.3) is 0 Å². The van der Waals surface area contributed by atoms with Crippen LogP contribution in [0.15, 0.2) is 12.1 Å². The Labute approximate surface area is 102 Å². The first-order valence-electron chi connectivity index (χ1n) is 4.22. The Morgan fingerprint density at radius 3 is 2.41 bits per heavy atom. The van der Waals surface area contributed by atoms with Gasteiger partial charge in [-0.25, -0.2) is 4.39 Å². The number of Topliss-reactive ketones (excluding diaryl/α,β-unsaturated/α-hetero) is 1. The van der Waals surface area contributed by atoms with Crippen molar-refractivity contribution in [3.8, 4) is 6.07 Å². The van der Waals surface area contributed by atoms with Crippen molar-refractivity contribution in [2.45, 2.75) is 6.18 Å². The van der Waals surface area contributed by atoms with Gasteiger partial charge in [0.1, 0.15) is 5.82 Å². The molecule has 0 aliphatic heterocycles. The van der Waals surface area contributed by atoms with E-state index in [1.54, 1.807) is 0 Å². The van der Waals surface area contributed by atoms with Crippen molar-refractivity contribution in [2.75, 3.05) is 5.33 Å². The van der Waals surface area contributed by atoms with E-state index < -0.39 is 34.5 Å². The number of halogens is 5. The van der Waals surface area contributed by atoms with Gasteiger partial charge in [0.05, 0.1) is 28.1 Å². The van der Waals surface area contributed by atoms with Gasteiger partial charge in [-0.2, -0.15) is 18.4 Å². The predicted molar refractivity (Wildman–Crippen MR) is 54.2 cm³/mol. The molecule has 0 aliphatic rings. The second-order valence-corrected chi connectivity index (χ2v) is 3.58. The molecule has 2 nitrogen and oxygen atoms in total. The number of carbonyl (C=O) groups excluding carboxylic acids is 1. The Hall–Kier alpha value is -1.42. The summed E-state index contributed by atoms with van der Waals surface area (Å²) < 4.78 is 50.7. The molecule has 0 aliphatic carbocycles. The fourth-order valence-electron chi connectivity index (χ4n) is 1.23. The zero-order chi connectivity index (χ0) is 13.2. The van der Waals surface area contributed by atoms with E-state index in [1.165, 1.54) is 6.07 Å². The first-order valence-corrected chi connectivity index (χ1v) is 5.34. The average Bonchev–Trinajstić information content (AvgIpc) is 2.25. The van der Waals surface area contributed by atoms with E-state index in [-0.39, 0.29) is 5.33 Å². The minimum Gasteiger partial charge on any atom is -0.293 e. The SMILES string of the molecule is N#Cc1ccc(C(F)(F)F)c(F)c1C(=O)CBr. The lowest BCUT2D eigenvalue weighted by atomic mass is 10.0. The van der Waals surface area contributed by atoms with Crippen molar-refractivity contribution in [2.24, 2.45) is 0 Å². The number of rotatable bonds is 2. The third kappa shape index (κ3) is 2.64. The smallest absolute Gasteiger partial charge is 0.293 e.